The van der Waals surface area contributed by atoms with Crippen LogP contribution in [0.3, 0.4) is 0 Å². The average molecular weight is 521 g/mol. The number of nitrogens with one attached hydrogen (secondary N) is 1. The van der Waals surface area contributed by atoms with Gasteiger partial charge in [-0.25, -0.2) is 0 Å². The second-order valence-corrected chi connectivity index (χ2v) is 8.66. The van der Waals surface area contributed by atoms with Gasteiger partial charge >= 0.3 is 0 Å². The van der Waals surface area contributed by atoms with E-state index in [4.69, 9.17) is 21.1 Å². The number of anilines is 2. The third kappa shape index (κ3) is 5.15. The van der Waals surface area contributed by atoms with Crippen LogP contribution in [-0.4, -0.2) is 36.4 Å². The van der Waals surface area contributed by atoms with Gasteiger partial charge in [-0.05, 0) is 67.1 Å². The van der Waals surface area contributed by atoms with Crippen molar-refractivity contribution in [2.75, 3.05) is 23.9 Å². The Bertz CT molecular complexity index is 1400. The van der Waals surface area contributed by atoms with Crippen LogP contribution in [0.1, 0.15) is 31.0 Å². The number of rotatable bonds is 7. The number of hydrogen-bond acceptors (Lipinski definition) is 6. The normalized spacial score (nSPS) is 16.5. The first kappa shape index (κ1) is 25.8. The van der Waals surface area contributed by atoms with Gasteiger partial charge in [0, 0.05) is 23.9 Å². The van der Waals surface area contributed by atoms with Crippen LogP contribution in [0.4, 0.5) is 11.4 Å². The maximum absolute atomic E-state index is 13.4. The molecule has 1 heterocycles. The third-order valence-electron chi connectivity index (χ3n) is 5.82. The molecule has 0 spiro atoms. The largest absolute Gasteiger partial charge is 0.507 e. The van der Waals surface area contributed by atoms with Gasteiger partial charge in [0.15, 0.2) is 0 Å². The maximum atomic E-state index is 13.4. The molecule has 3 aromatic carbocycles. The van der Waals surface area contributed by atoms with E-state index in [0.29, 0.717) is 40.1 Å². The zero-order valence-electron chi connectivity index (χ0n) is 20.4. The lowest BCUT2D eigenvalue weighted by atomic mass is 9.95. The monoisotopic (exact) mass is 520 g/mol. The molecular weight excluding hydrogens is 496 g/mol. The summed E-state index contributed by atoms with van der Waals surface area (Å²) >= 11 is 6.20. The van der Waals surface area contributed by atoms with Gasteiger partial charge in [0.05, 0.1) is 30.4 Å². The fourth-order valence-corrected chi connectivity index (χ4v) is 4.38. The van der Waals surface area contributed by atoms with Crippen LogP contribution in [0.25, 0.3) is 5.76 Å². The van der Waals surface area contributed by atoms with Crippen molar-refractivity contribution < 1.29 is 29.0 Å². The number of amides is 2. The van der Waals surface area contributed by atoms with Crippen molar-refractivity contribution in [2.45, 2.75) is 19.9 Å². The Balaban J connectivity index is 1.89. The molecular formula is C28H25ClN2O6. The molecule has 0 aliphatic carbocycles. The lowest BCUT2D eigenvalue weighted by Gasteiger charge is -2.26. The van der Waals surface area contributed by atoms with Crippen LogP contribution in [0.15, 0.2) is 72.3 Å². The molecule has 1 unspecified atom stereocenters. The minimum Gasteiger partial charge on any atom is -0.507 e. The lowest BCUT2D eigenvalue weighted by Crippen LogP contribution is -2.29. The average Bonchev–Trinajstić information content (AvgIpc) is 3.15. The zero-order valence-corrected chi connectivity index (χ0v) is 21.2. The van der Waals surface area contributed by atoms with Crippen molar-refractivity contribution in [3.8, 4) is 11.5 Å². The molecule has 1 atom stereocenters. The Morgan fingerprint density at radius 3 is 2.46 bits per heavy atom. The molecule has 8 nitrogen and oxygen atoms in total. The van der Waals surface area contributed by atoms with E-state index in [-0.39, 0.29) is 22.8 Å². The summed E-state index contributed by atoms with van der Waals surface area (Å²) in [5.74, 6) is -1.38. The second-order valence-electron chi connectivity index (χ2n) is 8.25. The Labute approximate surface area is 219 Å². The summed E-state index contributed by atoms with van der Waals surface area (Å²) in [6, 6.07) is 17.1. The van der Waals surface area contributed by atoms with Crippen molar-refractivity contribution in [2.24, 2.45) is 0 Å². The molecule has 0 bridgehead atoms. The number of carbonyl (C=O) groups is 3. The number of ketones is 1. The highest BCUT2D eigenvalue weighted by atomic mass is 35.5. The summed E-state index contributed by atoms with van der Waals surface area (Å²) in [5, 5.41) is 14.4. The van der Waals surface area contributed by atoms with E-state index in [2.05, 4.69) is 5.32 Å². The molecule has 1 fully saturated rings. The number of aliphatic hydroxyl groups excluding tert-OH is 1. The number of aliphatic hydroxyl groups is 1. The minimum absolute atomic E-state index is 0.0889. The van der Waals surface area contributed by atoms with Crippen molar-refractivity contribution in [3.63, 3.8) is 0 Å². The lowest BCUT2D eigenvalue weighted by molar-refractivity contribution is -0.132. The molecule has 1 aliphatic heterocycles. The summed E-state index contributed by atoms with van der Waals surface area (Å²) in [6.07, 6.45) is 0. The van der Waals surface area contributed by atoms with Gasteiger partial charge in [0.1, 0.15) is 17.3 Å². The predicted octanol–water partition coefficient (Wildman–Crippen LogP) is 5.33. The van der Waals surface area contributed by atoms with E-state index in [0.717, 1.165) is 0 Å². The van der Waals surface area contributed by atoms with E-state index in [1.54, 1.807) is 67.6 Å². The number of hydrogen-bond donors (Lipinski definition) is 2. The number of carbonyl (C=O) groups excluding carboxylic acids is 3. The Morgan fingerprint density at radius 1 is 1.08 bits per heavy atom. The number of methoxy groups -OCH3 is 1. The zero-order chi connectivity index (χ0) is 26.7. The SMILES string of the molecule is CCOc1cc(/C(O)=C2/C(=O)C(=O)N(c3ccc(NC(C)=O)cc3)C2c2cccc(OC)c2)ccc1Cl. The van der Waals surface area contributed by atoms with Crippen LogP contribution in [0, 0.1) is 0 Å². The highest BCUT2D eigenvalue weighted by Crippen LogP contribution is 2.43. The highest BCUT2D eigenvalue weighted by Gasteiger charge is 2.47. The predicted molar refractivity (Wildman–Crippen MR) is 141 cm³/mol. The van der Waals surface area contributed by atoms with Crippen LogP contribution in [0.5, 0.6) is 11.5 Å². The summed E-state index contributed by atoms with van der Waals surface area (Å²) in [6.45, 7) is 3.55. The fraction of sp³-hybridized carbons (Fsp3) is 0.179. The summed E-state index contributed by atoms with van der Waals surface area (Å²) in [4.78, 5) is 39.5. The van der Waals surface area contributed by atoms with E-state index in [9.17, 15) is 19.5 Å². The van der Waals surface area contributed by atoms with E-state index >= 15 is 0 Å². The van der Waals surface area contributed by atoms with Gasteiger partial charge in [-0.15, -0.1) is 0 Å². The molecule has 4 rings (SSSR count). The summed E-state index contributed by atoms with van der Waals surface area (Å²) < 4.78 is 10.9. The molecule has 0 radical (unpaired) electrons. The van der Waals surface area contributed by atoms with E-state index < -0.39 is 17.7 Å². The maximum Gasteiger partial charge on any atom is 0.300 e. The van der Waals surface area contributed by atoms with Gasteiger partial charge in [-0.3, -0.25) is 19.3 Å². The minimum atomic E-state index is -0.951. The van der Waals surface area contributed by atoms with E-state index in [1.807, 2.05) is 0 Å². The van der Waals surface area contributed by atoms with Gasteiger partial charge in [-0.2, -0.15) is 0 Å². The van der Waals surface area contributed by atoms with Gasteiger partial charge in [0.25, 0.3) is 11.7 Å². The Kier molecular flexibility index (Phi) is 7.50. The molecule has 3 aromatic rings. The van der Waals surface area contributed by atoms with Crippen molar-refractivity contribution in [1.29, 1.82) is 0 Å². The molecule has 1 saturated heterocycles. The first-order valence-electron chi connectivity index (χ1n) is 11.5. The number of benzene rings is 3. The molecule has 190 valence electrons. The molecule has 37 heavy (non-hydrogen) atoms. The first-order chi connectivity index (χ1) is 17.7. The van der Waals surface area contributed by atoms with Crippen LogP contribution in [-0.2, 0) is 14.4 Å². The second kappa shape index (κ2) is 10.8. The molecule has 0 aromatic heterocycles. The fourth-order valence-electron chi connectivity index (χ4n) is 4.21. The van der Waals surface area contributed by atoms with Crippen molar-refractivity contribution in [1.82, 2.24) is 0 Å². The molecule has 2 N–H and O–H groups in total. The van der Waals surface area contributed by atoms with Crippen molar-refractivity contribution in [3.05, 3.63) is 88.5 Å². The van der Waals surface area contributed by atoms with Crippen LogP contribution < -0.4 is 19.7 Å². The van der Waals surface area contributed by atoms with Gasteiger partial charge in [-0.1, -0.05) is 23.7 Å². The highest BCUT2D eigenvalue weighted by molar-refractivity contribution is 6.51. The topological polar surface area (TPSA) is 105 Å². The standard InChI is InChI=1S/C28H25ClN2O6/c1-4-37-23-15-18(8-13-22(23)29)26(33)24-25(17-6-5-7-21(14-17)36-3)31(28(35)27(24)34)20-11-9-19(10-12-20)30-16(2)32/h5-15,25,33H,4H2,1-3H3,(H,30,32)/b26-24-. The summed E-state index contributed by atoms with van der Waals surface area (Å²) in [7, 11) is 1.51. The van der Waals surface area contributed by atoms with Gasteiger partial charge in [0.2, 0.25) is 5.91 Å². The summed E-state index contributed by atoms with van der Waals surface area (Å²) in [5.41, 5.74) is 1.70. The van der Waals surface area contributed by atoms with Crippen molar-refractivity contribution >= 4 is 46.3 Å². The third-order valence-corrected chi connectivity index (χ3v) is 6.14. The smallest absolute Gasteiger partial charge is 0.300 e. The molecule has 1 aliphatic rings. The number of halogens is 1. The van der Waals surface area contributed by atoms with Crippen LogP contribution >= 0.6 is 11.6 Å². The quantitative estimate of drug-likeness (QED) is 0.248. The molecule has 9 heteroatoms. The number of Topliss-reactive ketones (excluding diaryl/α,β-unsaturated/α-hetero) is 1. The van der Waals surface area contributed by atoms with Crippen LogP contribution in [0.2, 0.25) is 5.02 Å². The van der Waals surface area contributed by atoms with E-state index in [1.165, 1.54) is 25.0 Å². The Morgan fingerprint density at radius 2 is 1.81 bits per heavy atom. The number of ether oxygens (including phenoxy) is 2. The molecule has 2 amide bonds. The number of nitrogens with zero attached hydrogens (tertiary/aromatic N) is 1. The molecule has 0 saturated carbocycles. The first-order valence-corrected chi connectivity index (χ1v) is 11.9. The van der Waals surface area contributed by atoms with Gasteiger partial charge < -0.3 is 19.9 Å². The Hall–Kier alpha value is -4.30.